The summed E-state index contributed by atoms with van der Waals surface area (Å²) in [5.41, 5.74) is 1.51. The normalized spacial score (nSPS) is 12.3. The maximum atomic E-state index is 5.83. The van der Waals surface area contributed by atoms with Gasteiger partial charge >= 0.3 is 0 Å². The molecule has 0 aliphatic heterocycles. The third kappa shape index (κ3) is 4.06. The molecule has 1 unspecified atom stereocenters. The molecule has 0 bridgehead atoms. The first-order valence-electron chi connectivity index (χ1n) is 8.49. The van der Waals surface area contributed by atoms with Crippen molar-refractivity contribution in [3.63, 3.8) is 0 Å². The molecule has 7 heteroatoms. The van der Waals surface area contributed by atoms with Gasteiger partial charge in [-0.1, -0.05) is 30.3 Å². The summed E-state index contributed by atoms with van der Waals surface area (Å²) in [4.78, 5) is 4.47. The Labute approximate surface area is 147 Å². The van der Waals surface area contributed by atoms with E-state index in [-0.39, 0.29) is 6.04 Å². The van der Waals surface area contributed by atoms with E-state index in [1.165, 1.54) is 0 Å². The van der Waals surface area contributed by atoms with Gasteiger partial charge in [0.05, 0.1) is 18.5 Å². The lowest BCUT2D eigenvalue weighted by Crippen LogP contribution is -2.24. The van der Waals surface area contributed by atoms with E-state index < -0.39 is 0 Å². The van der Waals surface area contributed by atoms with Crippen molar-refractivity contribution in [3.8, 4) is 23.0 Å². The Kier molecular flexibility index (Phi) is 5.45. The molecule has 0 aliphatic rings. The zero-order valence-corrected chi connectivity index (χ0v) is 14.8. The van der Waals surface area contributed by atoms with Gasteiger partial charge in [0.1, 0.15) is 0 Å². The lowest BCUT2D eigenvalue weighted by molar-refractivity contribution is 0.317. The number of para-hydroxylation sites is 1. The first-order valence-corrected chi connectivity index (χ1v) is 8.49. The minimum atomic E-state index is 0.267. The summed E-state index contributed by atoms with van der Waals surface area (Å²) in [6, 6.07) is 10.1. The van der Waals surface area contributed by atoms with E-state index in [4.69, 9.17) is 9.26 Å². The van der Waals surface area contributed by atoms with Crippen molar-refractivity contribution in [3.05, 3.63) is 42.4 Å². The van der Waals surface area contributed by atoms with Gasteiger partial charge in [-0.05, 0) is 32.5 Å². The zero-order valence-electron chi connectivity index (χ0n) is 14.8. The number of nitrogens with one attached hydrogen (secondary N) is 1. The monoisotopic (exact) mass is 341 g/mol. The molecule has 0 fully saturated rings. The highest BCUT2D eigenvalue weighted by atomic mass is 16.5. The fourth-order valence-electron chi connectivity index (χ4n) is 2.35. The Morgan fingerprint density at radius 3 is 2.80 bits per heavy atom. The predicted octanol–water partition coefficient (Wildman–Crippen LogP) is 2.86. The molecular formula is C18H23N5O2. The number of aromatic nitrogens is 4. The summed E-state index contributed by atoms with van der Waals surface area (Å²) in [6.07, 6.45) is 3.44. The first-order chi connectivity index (χ1) is 12.2. The fraction of sp³-hybridized carbons (Fsp3) is 0.389. The van der Waals surface area contributed by atoms with Gasteiger partial charge in [0.2, 0.25) is 0 Å². The maximum absolute atomic E-state index is 5.83. The summed E-state index contributed by atoms with van der Waals surface area (Å²) >= 11 is 0. The van der Waals surface area contributed by atoms with Crippen LogP contribution in [0.25, 0.3) is 17.3 Å². The summed E-state index contributed by atoms with van der Waals surface area (Å²) in [7, 11) is 1.91. The van der Waals surface area contributed by atoms with Gasteiger partial charge in [-0.25, -0.2) is 4.68 Å². The topological polar surface area (TPSA) is 78.0 Å². The van der Waals surface area contributed by atoms with Crippen LogP contribution in [0.15, 0.2) is 41.1 Å². The maximum Gasteiger partial charge on any atom is 0.282 e. The van der Waals surface area contributed by atoms with E-state index in [2.05, 4.69) is 34.4 Å². The Bertz CT molecular complexity index is 797. The molecule has 2 aromatic heterocycles. The van der Waals surface area contributed by atoms with Crippen LogP contribution in [0.3, 0.4) is 0 Å². The van der Waals surface area contributed by atoms with Gasteiger partial charge in [0.25, 0.3) is 5.89 Å². The van der Waals surface area contributed by atoms with E-state index in [0.717, 1.165) is 12.1 Å². The van der Waals surface area contributed by atoms with Gasteiger partial charge in [-0.15, -0.1) is 0 Å². The highest BCUT2D eigenvalue weighted by molar-refractivity contribution is 5.57. The predicted molar refractivity (Wildman–Crippen MR) is 94.9 cm³/mol. The zero-order chi connectivity index (χ0) is 17.6. The molecule has 0 spiro atoms. The molecule has 0 radical (unpaired) electrons. The quantitative estimate of drug-likeness (QED) is 0.679. The van der Waals surface area contributed by atoms with E-state index >= 15 is 0 Å². The van der Waals surface area contributed by atoms with Gasteiger partial charge in [0.15, 0.2) is 17.3 Å². The number of benzene rings is 1. The highest BCUT2D eigenvalue weighted by Crippen LogP contribution is 2.29. The molecule has 1 N–H and O–H groups in total. The molecule has 3 rings (SSSR count). The van der Waals surface area contributed by atoms with Crippen molar-refractivity contribution < 1.29 is 9.26 Å². The third-order valence-electron chi connectivity index (χ3n) is 3.82. The van der Waals surface area contributed by atoms with Crippen LogP contribution in [0.2, 0.25) is 0 Å². The number of hydrogen-bond acceptors (Lipinski definition) is 6. The lowest BCUT2D eigenvalue weighted by Gasteiger charge is -2.04. The minimum Gasteiger partial charge on any atom is -0.489 e. The number of likely N-dealkylation sites (N-methyl/N-ethyl adjacent to an activating group) is 1. The second kappa shape index (κ2) is 7.94. The van der Waals surface area contributed by atoms with Crippen LogP contribution >= 0.6 is 0 Å². The molecule has 0 saturated heterocycles. The Morgan fingerprint density at radius 1 is 1.28 bits per heavy atom. The van der Waals surface area contributed by atoms with Crippen molar-refractivity contribution in [2.24, 2.45) is 0 Å². The molecule has 1 aromatic carbocycles. The Hall–Kier alpha value is -2.67. The van der Waals surface area contributed by atoms with Crippen LogP contribution in [0.5, 0.6) is 5.75 Å². The number of nitrogens with zero attached hydrogens (tertiary/aromatic N) is 4. The Balaban J connectivity index is 1.92. The van der Waals surface area contributed by atoms with Crippen LogP contribution in [-0.2, 0) is 6.42 Å². The minimum absolute atomic E-state index is 0.267. The molecule has 25 heavy (non-hydrogen) atoms. The molecule has 0 saturated carbocycles. The summed E-state index contributed by atoms with van der Waals surface area (Å²) < 4.78 is 13.0. The van der Waals surface area contributed by atoms with Crippen LogP contribution in [-0.4, -0.2) is 39.6 Å². The van der Waals surface area contributed by atoms with E-state index in [9.17, 15) is 0 Å². The average Bonchev–Trinajstić information content (AvgIpc) is 3.27. The van der Waals surface area contributed by atoms with E-state index in [0.29, 0.717) is 36.2 Å². The second-order valence-corrected chi connectivity index (χ2v) is 5.88. The van der Waals surface area contributed by atoms with Gasteiger partial charge in [0, 0.05) is 12.5 Å². The molecule has 1 atom stereocenters. The average molecular weight is 341 g/mol. The molecule has 0 amide bonds. The van der Waals surface area contributed by atoms with Gasteiger partial charge in [-0.2, -0.15) is 10.1 Å². The van der Waals surface area contributed by atoms with Crippen LogP contribution in [0.1, 0.15) is 26.1 Å². The van der Waals surface area contributed by atoms with Crippen molar-refractivity contribution in [2.75, 3.05) is 13.7 Å². The third-order valence-corrected chi connectivity index (χ3v) is 3.82. The smallest absolute Gasteiger partial charge is 0.282 e. The number of rotatable bonds is 8. The fourth-order valence-corrected chi connectivity index (χ4v) is 2.35. The van der Waals surface area contributed by atoms with Crippen molar-refractivity contribution in [1.29, 1.82) is 0 Å². The van der Waals surface area contributed by atoms with Crippen LogP contribution < -0.4 is 10.1 Å². The summed E-state index contributed by atoms with van der Waals surface area (Å²) in [5, 5.41) is 11.8. The molecule has 3 aromatic rings. The van der Waals surface area contributed by atoms with Crippen molar-refractivity contribution in [2.45, 2.75) is 32.7 Å². The summed E-state index contributed by atoms with van der Waals surface area (Å²) in [6.45, 7) is 4.73. The standard InChI is InChI=1S/C18H23N5O2/c1-4-10-24-15-12-23(14-8-6-5-7-9-14)21-17(15)18-20-16(22-25-18)11-13(2)19-3/h5-9,12-13,19H,4,10-11H2,1-3H3. The first kappa shape index (κ1) is 17.2. The molecule has 132 valence electrons. The van der Waals surface area contributed by atoms with E-state index in [1.807, 2.05) is 43.6 Å². The second-order valence-electron chi connectivity index (χ2n) is 5.88. The van der Waals surface area contributed by atoms with Gasteiger partial charge < -0.3 is 14.6 Å². The van der Waals surface area contributed by atoms with E-state index in [1.54, 1.807) is 4.68 Å². The number of ether oxygens (including phenoxy) is 1. The van der Waals surface area contributed by atoms with Crippen LogP contribution in [0, 0.1) is 0 Å². The molecular weight excluding hydrogens is 318 g/mol. The van der Waals surface area contributed by atoms with Crippen molar-refractivity contribution >= 4 is 0 Å². The molecule has 2 heterocycles. The largest absolute Gasteiger partial charge is 0.489 e. The molecule has 0 aliphatic carbocycles. The molecule has 7 nitrogen and oxygen atoms in total. The Morgan fingerprint density at radius 2 is 2.08 bits per heavy atom. The lowest BCUT2D eigenvalue weighted by atomic mass is 10.2. The summed E-state index contributed by atoms with van der Waals surface area (Å²) in [5.74, 6) is 1.66. The highest BCUT2D eigenvalue weighted by Gasteiger charge is 2.20. The SMILES string of the molecule is CCCOc1cn(-c2ccccc2)nc1-c1nc(CC(C)NC)no1. The van der Waals surface area contributed by atoms with Gasteiger partial charge in [-0.3, -0.25) is 0 Å². The number of hydrogen-bond donors (Lipinski definition) is 1. The van der Waals surface area contributed by atoms with Crippen LogP contribution in [0.4, 0.5) is 0 Å². The van der Waals surface area contributed by atoms with Crippen molar-refractivity contribution in [1.82, 2.24) is 25.2 Å².